The molecule has 0 fully saturated rings. The normalized spacial score (nSPS) is 10.0. The van der Waals surface area contributed by atoms with Crippen LogP contribution in [-0.4, -0.2) is 32.0 Å². The molecule has 0 aliphatic carbocycles. The summed E-state index contributed by atoms with van der Waals surface area (Å²) in [4.78, 5) is 24.4. The Morgan fingerprint density at radius 3 is 2.28 bits per heavy atom. The molecule has 0 radical (unpaired) electrons. The summed E-state index contributed by atoms with van der Waals surface area (Å²) in [7, 11) is 1.69. The summed E-state index contributed by atoms with van der Waals surface area (Å²) < 4.78 is 0. The maximum Gasteiger partial charge on any atom is 0.246 e. The van der Waals surface area contributed by atoms with Crippen LogP contribution in [0.15, 0.2) is 18.2 Å². The van der Waals surface area contributed by atoms with E-state index >= 15 is 0 Å². The number of nitrogens with one attached hydrogen (secondary N) is 1. The van der Waals surface area contributed by atoms with Gasteiger partial charge in [-0.25, -0.2) is 0 Å². The lowest BCUT2D eigenvalue weighted by Gasteiger charge is -2.18. The molecule has 1 rings (SSSR count). The van der Waals surface area contributed by atoms with Crippen LogP contribution in [0.3, 0.4) is 0 Å². The predicted molar refractivity (Wildman–Crippen MR) is 71.4 cm³/mol. The molecule has 0 unspecified atom stereocenters. The number of anilines is 1. The second-order valence-electron chi connectivity index (χ2n) is 4.28. The van der Waals surface area contributed by atoms with E-state index in [4.69, 9.17) is 5.73 Å². The van der Waals surface area contributed by atoms with Crippen molar-refractivity contribution in [3.8, 4) is 0 Å². The average molecular weight is 249 g/mol. The van der Waals surface area contributed by atoms with Crippen LogP contribution in [0.1, 0.15) is 11.1 Å². The first kappa shape index (κ1) is 14.2. The van der Waals surface area contributed by atoms with Gasteiger partial charge in [0, 0.05) is 12.7 Å². The first-order chi connectivity index (χ1) is 8.43. The standard InChI is InChI=1S/C13H19N3O2/c1-9-4-10(2)6-11(5-9)16(3)13(18)8-15-12(17)7-14/h4-6H,7-8,14H2,1-3H3,(H,15,17). The van der Waals surface area contributed by atoms with Crippen LogP contribution in [0, 0.1) is 13.8 Å². The second-order valence-corrected chi connectivity index (χ2v) is 4.28. The van der Waals surface area contributed by atoms with Crippen LogP contribution in [0.5, 0.6) is 0 Å². The van der Waals surface area contributed by atoms with Gasteiger partial charge < -0.3 is 16.0 Å². The summed E-state index contributed by atoms with van der Waals surface area (Å²) >= 11 is 0. The molecule has 0 aliphatic rings. The highest BCUT2D eigenvalue weighted by molar-refractivity contribution is 5.96. The first-order valence-electron chi connectivity index (χ1n) is 5.75. The summed E-state index contributed by atoms with van der Waals surface area (Å²) in [6.45, 7) is 3.80. The second kappa shape index (κ2) is 6.16. The number of hydrogen-bond acceptors (Lipinski definition) is 3. The summed E-state index contributed by atoms with van der Waals surface area (Å²) in [5.74, 6) is -0.515. The van der Waals surface area contributed by atoms with Crippen molar-refractivity contribution in [3.05, 3.63) is 29.3 Å². The third-order valence-corrected chi connectivity index (χ3v) is 2.59. The van der Waals surface area contributed by atoms with E-state index in [1.54, 1.807) is 7.05 Å². The molecule has 98 valence electrons. The Hall–Kier alpha value is -1.88. The van der Waals surface area contributed by atoms with Gasteiger partial charge in [0.15, 0.2) is 0 Å². The van der Waals surface area contributed by atoms with Gasteiger partial charge in [0.2, 0.25) is 11.8 Å². The van der Waals surface area contributed by atoms with Gasteiger partial charge in [-0.1, -0.05) is 6.07 Å². The largest absolute Gasteiger partial charge is 0.346 e. The molecule has 0 aliphatic heterocycles. The van der Waals surface area contributed by atoms with E-state index in [1.165, 1.54) is 4.90 Å². The van der Waals surface area contributed by atoms with Gasteiger partial charge in [-0.2, -0.15) is 0 Å². The van der Waals surface area contributed by atoms with E-state index < -0.39 is 0 Å². The maximum absolute atomic E-state index is 11.9. The molecule has 0 atom stereocenters. The Morgan fingerprint density at radius 2 is 1.78 bits per heavy atom. The van der Waals surface area contributed by atoms with Crippen LogP contribution in [-0.2, 0) is 9.59 Å². The van der Waals surface area contributed by atoms with Gasteiger partial charge in [0.1, 0.15) is 0 Å². The number of carbonyl (C=O) groups excluding carboxylic acids is 2. The number of carbonyl (C=O) groups is 2. The third kappa shape index (κ3) is 3.85. The van der Waals surface area contributed by atoms with Gasteiger partial charge in [0.05, 0.1) is 13.1 Å². The molecule has 5 heteroatoms. The highest BCUT2D eigenvalue weighted by Gasteiger charge is 2.12. The number of likely N-dealkylation sites (N-methyl/N-ethyl adjacent to an activating group) is 1. The molecule has 0 saturated carbocycles. The minimum absolute atomic E-state index is 0.0421. The number of nitrogens with two attached hydrogens (primary N) is 1. The van der Waals surface area contributed by atoms with Crippen LogP contribution < -0.4 is 16.0 Å². The molecular weight excluding hydrogens is 230 g/mol. The quantitative estimate of drug-likeness (QED) is 0.808. The Labute approximate surface area is 107 Å². The van der Waals surface area contributed by atoms with Crippen molar-refractivity contribution in [1.29, 1.82) is 0 Å². The van der Waals surface area contributed by atoms with Gasteiger partial charge >= 0.3 is 0 Å². The molecule has 0 spiro atoms. The van der Waals surface area contributed by atoms with Gasteiger partial charge in [-0.15, -0.1) is 0 Å². The van der Waals surface area contributed by atoms with Crippen molar-refractivity contribution in [3.63, 3.8) is 0 Å². The Morgan fingerprint density at radius 1 is 1.22 bits per heavy atom. The zero-order chi connectivity index (χ0) is 13.7. The maximum atomic E-state index is 11.9. The Kier molecular flexibility index (Phi) is 4.85. The minimum Gasteiger partial charge on any atom is -0.346 e. The van der Waals surface area contributed by atoms with Crippen molar-refractivity contribution in [2.75, 3.05) is 25.0 Å². The van der Waals surface area contributed by atoms with Crippen LogP contribution in [0.2, 0.25) is 0 Å². The zero-order valence-electron chi connectivity index (χ0n) is 11.0. The molecule has 5 nitrogen and oxygen atoms in total. The van der Waals surface area contributed by atoms with Crippen molar-refractivity contribution < 1.29 is 9.59 Å². The van der Waals surface area contributed by atoms with E-state index in [9.17, 15) is 9.59 Å². The van der Waals surface area contributed by atoms with Crippen LogP contribution >= 0.6 is 0 Å². The fourth-order valence-electron chi connectivity index (χ4n) is 1.65. The average Bonchev–Trinajstić information content (AvgIpc) is 2.33. The summed E-state index contributed by atoms with van der Waals surface area (Å²) in [6, 6.07) is 5.89. The smallest absolute Gasteiger partial charge is 0.246 e. The molecule has 3 N–H and O–H groups in total. The monoisotopic (exact) mass is 249 g/mol. The minimum atomic E-state index is -0.336. The lowest BCUT2D eigenvalue weighted by Crippen LogP contribution is -2.40. The lowest BCUT2D eigenvalue weighted by atomic mass is 10.1. The van der Waals surface area contributed by atoms with Crippen LogP contribution in [0.4, 0.5) is 5.69 Å². The zero-order valence-corrected chi connectivity index (χ0v) is 11.0. The van der Waals surface area contributed by atoms with Crippen molar-refractivity contribution in [2.45, 2.75) is 13.8 Å². The van der Waals surface area contributed by atoms with E-state index in [1.807, 2.05) is 32.0 Å². The number of amides is 2. The predicted octanol–water partition coefficient (Wildman–Crippen LogP) is 0.341. The highest BCUT2D eigenvalue weighted by atomic mass is 16.2. The fraction of sp³-hybridized carbons (Fsp3) is 0.385. The highest BCUT2D eigenvalue weighted by Crippen LogP contribution is 2.17. The van der Waals surface area contributed by atoms with E-state index in [0.717, 1.165) is 16.8 Å². The number of rotatable bonds is 4. The summed E-state index contributed by atoms with van der Waals surface area (Å²) in [6.07, 6.45) is 0. The Bertz CT molecular complexity index is 437. The van der Waals surface area contributed by atoms with Gasteiger partial charge in [-0.3, -0.25) is 9.59 Å². The third-order valence-electron chi connectivity index (χ3n) is 2.59. The molecule has 0 aromatic heterocycles. The summed E-state index contributed by atoms with van der Waals surface area (Å²) in [5.41, 5.74) is 8.15. The van der Waals surface area contributed by atoms with Crippen LogP contribution in [0.25, 0.3) is 0 Å². The van der Waals surface area contributed by atoms with Gasteiger partial charge in [0.25, 0.3) is 0 Å². The van der Waals surface area contributed by atoms with Gasteiger partial charge in [-0.05, 0) is 37.1 Å². The SMILES string of the molecule is Cc1cc(C)cc(N(C)C(=O)CNC(=O)CN)c1. The number of nitrogens with zero attached hydrogens (tertiary/aromatic N) is 1. The topological polar surface area (TPSA) is 75.4 Å². The molecule has 0 bridgehead atoms. The van der Waals surface area contributed by atoms with E-state index in [2.05, 4.69) is 5.32 Å². The molecule has 1 aromatic carbocycles. The fourth-order valence-corrected chi connectivity index (χ4v) is 1.65. The molecule has 1 aromatic rings. The number of aryl methyl sites for hydroxylation is 2. The number of hydrogen-bond donors (Lipinski definition) is 2. The molecule has 2 amide bonds. The molecule has 0 saturated heterocycles. The lowest BCUT2D eigenvalue weighted by molar-refractivity contribution is -0.124. The Balaban J connectivity index is 2.71. The molecule has 0 heterocycles. The molecule has 18 heavy (non-hydrogen) atoms. The van der Waals surface area contributed by atoms with E-state index in [0.29, 0.717) is 0 Å². The number of benzene rings is 1. The first-order valence-corrected chi connectivity index (χ1v) is 5.75. The van der Waals surface area contributed by atoms with E-state index in [-0.39, 0.29) is 24.9 Å². The van der Waals surface area contributed by atoms with Crippen molar-refractivity contribution in [1.82, 2.24) is 5.32 Å². The molecular formula is C13H19N3O2. The summed E-state index contributed by atoms with van der Waals surface area (Å²) in [5, 5.41) is 2.46. The van der Waals surface area contributed by atoms with Crippen molar-refractivity contribution >= 4 is 17.5 Å². The van der Waals surface area contributed by atoms with Crippen molar-refractivity contribution in [2.24, 2.45) is 5.73 Å².